The number of carboxylic acid groups (broad SMARTS) is 1. The van der Waals surface area contributed by atoms with Crippen LogP contribution in [0.15, 0.2) is 0 Å². The Morgan fingerprint density at radius 2 is 2.17 bits per heavy atom. The van der Waals surface area contributed by atoms with Crippen LogP contribution < -0.4 is 5.32 Å². The van der Waals surface area contributed by atoms with Crippen molar-refractivity contribution < 1.29 is 14.7 Å². The standard InChI is InChI=1S/C13H24N2O3/c1-3-11(13(17)18)14-12(16)8-7-10-6-4-5-9-15(10)2/h10-11H,3-9H2,1-2H3,(H,14,16)(H,17,18). The molecule has 5 heteroatoms. The van der Waals surface area contributed by atoms with Crippen LogP contribution in [0.3, 0.4) is 0 Å². The second-order valence-electron chi connectivity index (χ2n) is 5.04. The second-order valence-corrected chi connectivity index (χ2v) is 5.04. The molecule has 0 aromatic rings. The first kappa shape index (κ1) is 15.0. The Morgan fingerprint density at radius 3 is 2.72 bits per heavy atom. The predicted octanol–water partition coefficient (Wildman–Crippen LogP) is 1.23. The zero-order chi connectivity index (χ0) is 13.5. The summed E-state index contributed by atoms with van der Waals surface area (Å²) in [6, 6.07) is -0.281. The highest BCUT2D eigenvalue weighted by atomic mass is 16.4. The molecule has 0 radical (unpaired) electrons. The van der Waals surface area contributed by atoms with Gasteiger partial charge >= 0.3 is 5.97 Å². The summed E-state index contributed by atoms with van der Waals surface area (Å²) in [5.74, 6) is -1.11. The van der Waals surface area contributed by atoms with Crippen molar-refractivity contribution in [2.45, 2.75) is 57.5 Å². The fourth-order valence-electron chi connectivity index (χ4n) is 2.41. The molecule has 0 aliphatic carbocycles. The molecule has 5 nitrogen and oxygen atoms in total. The molecule has 1 saturated heterocycles. The fraction of sp³-hybridized carbons (Fsp3) is 0.846. The van der Waals surface area contributed by atoms with E-state index in [1.165, 1.54) is 12.8 Å². The summed E-state index contributed by atoms with van der Waals surface area (Å²) in [5.41, 5.74) is 0. The Morgan fingerprint density at radius 1 is 1.44 bits per heavy atom. The molecular formula is C13H24N2O3. The number of amides is 1. The molecule has 18 heavy (non-hydrogen) atoms. The Kier molecular flexibility index (Phi) is 6.12. The Bertz CT molecular complexity index is 294. The van der Waals surface area contributed by atoms with Crippen LogP contribution in [0.1, 0.15) is 45.4 Å². The highest BCUT2D eigenvalue weighted by molar-refractivity contribution is 5.83. The first-order valence-electron chi connectivity index (χ1n) is 6.77. The van der Waals surface area contributed by atoms with Crippen LogP contribution in [-0.4, -0.2) is 47.6 Å². The average Bonchev–Trinajstić information content (AvgIpc) is 2.34. The van der Waals surface area contributed by atoms with Gasteiger partial charge in [0.1, 0.15) is 6.04 Å². The molecule has 1 amide bonds. The summed E-state index contributed by atoms with van der Waals surface area (Å²) in [4.78, 5) is 24.8. The molecule has 1 rings (SSSR count). The smallest absolute Gasteiger partial charge is 0.326 e. The number of nitrogens with zero attached hydrogens (tertiary/aromatic N) is 1. The van der Waals surface area contributed by atoms with Crippen molar-refractivity contribution in [1.29, 1.82) is 0 Å². The van der Waals surface area contributed by atoms with E-state index < -0.39 is 12.0 Å². The van der Waals surface area contributed by atoms with Gasteiger partial charge in [0.25, 0.3) is 0 Å². The number of rotatable bonds is 6. The highest BCUT2D eigenvalue weighted by Gasteiger charge is 2.21. The molecule has 1 aliphatic rings. The van der Waals surface area contributed by atoms with Crippen molar-refractivity contribution in [3.63, 3.8) is 0 Å². The summed E-state index contributed by atoms with van der Waals surface area (Å²) in [7, 11) is 2.09. The third kappa shape index (κ3) is 4.64. The van der Waals surface area contributed by atoms with Crippen molar-refractivity contribution in [2.75, 3.05) is 13.6 Å². The van der Waals surface area contributed by atoms with Gasteiger partial charge < -0.3 is 15.3 Å². The maximum absolute atomic E-state index is 11.7. The van der Waals surface area contributed by atoms with E-state index in [2.05, 4.69) is 17.3 Å². The van der Waals surface area contributed by atoms with Crippen LogP contribution in [0, 0.1) is 0 Å². The van der Waals surface area contributed by atoms with E-state index >= 15 is 0 Å². The molecule has 1 fully saturated rings. The average molecular weight is 256 g/mol. The van der Waals surface area contributed by atoms with Gasteiger partial charge in [-0.3, -0.25) is 4.79 Å². The molecule has 2 unspecified atom stereocenters. The number of carbonyl (C=O) groups is 2. The van der Waals surface area contributed by atoms with E-state index in [4.69, 9.17) is 5.11 Å². The molecule has 1 aliphatic heterocycles. The zero-order valence-corrected chi connectivity index (χ0v) is 11.3. The summed E-state index contributed by atoms with van der Waals surface area (Å²) in [6.07, 6.45) is 5.25. The van der Waals surface area contributed by atoms with Crippen LogP contribution in [-0.2, 0) is 9.59 Å². The van der Waals surface area contributed by atoms with Crippen molar-refractivity contribution in [1.82, 2.24) is 10.2 Å². The molecule has 0 saturated carbocycles. The molecule has 2 N–H and O–H groups in total. The minimum atomic E-state index is -0.958. The fourth-order valence-corrected chi connectivity index (χ4v) is 2.41. The summed E-state index contributed by atoms with van der Waals surface area (Å²) >= 11 is 0. The normalized spacial score (nSPS) is 22.4. The van der Waals surface area contributed by atoms with Gasteiger partial charge in [0.15, 0.2) is 0 Å². The lowest BCUT2D eigenvalue weighted by atomic mass is 9.98. The maximum Gasteiger partial charge on any atom is 0.326 e. The summed E-state index contributed by atoms with van der Waals surface area (Å²) in [6.45, 7) is 2.85. The van der Waals surface area contributed by atoms with Crippen molar-refractivity contribution in [2.24, 2.45) is 0 Å². The number of aliphatic carboxylic acids is 1. The van der Waals surface area contributed by atoms with Gasteiger partial charge in [-0.1, -0.05) is 13.3 Å². The minimum absolute atomic E-state index is 0.150. The predicted molar refractivity (Wildman–Crippen MR) is 69.4 cm³/mol. The van der Waals surface area contributed by atoms with E-state index in [1.54, 1.807) is 6.92 Å². The van der Waals surface area contributed by atoms with Gasteiger partial charge in [0.05, 0.1) is 0 Å². The first-order chi connectivity index (χ1) is 8.54. The molecule has 0 spiro atoms. The maximum atomic E-state index is 11.7. The number of hydrogen-bond acceptors (Lipinski definition) is 3. The second kappa shape index (κ2) is 7.36. The number of carboxylic acids is 1. The van der Waals surface area contributed by atoms with Gasteiger partial charge in [-0.25, -0.2) is 4.79 Å². The quantitative estimate of drug-likeness (QED) is 0.750. The van der Waals surface area contributed by atoms with Crippen LogP contribution in [0.25, 0.3) is 0 Å². The third-order valence-corrected chi connectivity index (χ3v) is 3.67. The summed E-state index contributed by atoms with van der Waals surface area (Å²) in [5, 5.41) is 11.4. The first-order valence-corrected chi connectivity index (χ1v) is 6.77. The molecule has 0 bridgehead atoms. The van der Waals surface area contributed by atoms with Crippen LogP contribution >= 0.6 is 0 Å². The van der Waals surface area contributed by atoms with Crippen LogP contribution in [0.5, 0.6) is 0 Å². The molecular weight excluding hydrogens is 232 g/mol. The van der Waals surface area contributed by atoms with Gasteiger partial charge in [-0.05, 0) is 39.3 Å². The van der Waals surface area contributed by atoms with Crippen LogP contribution in [0.4, 0.5) is 0 Å². The van der Waals surface area contributed by atoms with Crippen molar-refractivity contribution >= 4 is 11.9 Å². The van der Waals surface area contributed by atoms with Crippen LogP contribution in [0.2, 0.25) is 0 Å². The number of piperidine rings is 1. The molecule has 2 atom stereocenters. The lowest BCUT2D eigenvalue weighted by Crippen LogP contribution is -2.41. The molecule has 1 heterocycles. The molecule has 0 aromatic carbocycles. The number of hydrogen-bond donors (Lipinski definition) is 2. The number of nitrogens with one attached hydrogen (secondary N) is 1. The molecule has 104 valence electrons. The SMILES string of the molecule is CCC(NC(=O)CCC1CCCCN1C)C(=O)O. The van der Waals surface area contributed by atoms with Gasteiger partial charge in [0, 0.05) is 12.5 Å². The number of likely N-dealkylation sites (tertiary alicyclic amines) is 1. The summed E-state index contributed by atoms with van der Waals surface area (Å²) < 4.78 is 0. The highest BCUT2D eigenvalue weighted by Crippen LogP contribution is 2.18. The minimum Gasteiger partial charge on any atom is -0.480 e. The largest absolute Gasteiger partial charge is 0.480 e. The number of carbonyl (C=O) groups excluding carboxylic acids is 1. The van der Waals surface area contributed by atoms with Crippen molar-refractivity contribution in [3.05, 3.63) is 0 Å². The van der Waals surface area contributed by atoms with Gasteiger partial charge in [0.2, 0.25) is 5.91 Å². The Labute approximate surface area is 109 Å². The Hall–Kier alpha value is -1.10. The monoisotopic (exact) mass is 256 g/mol. The topological polar surface area (TPSA) is 69.6 Å². The van der Waals surface area contributed by atoms with E-state index in [9.17, 15) is 9.59 Å². The van der Waals surface area contributed by atoms with E-state index in [0.29, 0.717) is 18.9 Å². The van der Waals surface area contributed by atoms with E-state index in [0.717, 1.165) is 19.4 Å². The van der Waals surface area contributed by atoms with E-state index in [-0.39, 0.29) is 5.91 Å². The molecule has 0 aromatic heterocycles. The van der Waals surface area contributed by atoms with Crippen molar-refractivity contribution in [3.8, 4) is 0 Å². The lowest BCUT2D eigenvalue weighted by molar-refractivity contribution is -0.141. The van der Waals surface area contributed by atoms with Gasteiger partial charge in [-0.2, -0.15) is 0 Å². The Balaban J connectivity index is 2.29. The zero-order valence-electron chi connectivity index (χ0n) is 11.3. The van der Waals surface area contributed by atoms with E-state index in [1.807, 2.05) is 0 Å². The lowest BCUT2D eigenvalue weighted by Gasteiger charge is -2.32. The third-order valence-electron chi connectivity index (χ3n) is 3.67. The van der Waals surface area contributed by atoms with Gasteiger partial charge in [-0.15, -0.1) is 0 Å².